The normalized spacial score (nSPS) is 10.9. The van der Waals surface area contributed by atoms with Crippen LogP contribution < -0.4 is 5.32 Å². The van der Waals surface area contributed by atoms with Gasteiger partial charge in [-0.1, -0.05) is 5.57 Å². The highest BCUT2D eigenvalue weighted by Gasteiger charge is 2.14. The van der Waals surface area contributed by atoms with Gasteiger partial charge in [0.05, 0.1) is 5.60 Å². The fourth-order valence-corrected chi connectivity index (χ4v) is 0.656. The third-order valence-corrected chi connectivity index (χ3v) is 1.77. The number of aliphatic hydroxyl groups is 1. The van der Waals surface area contributed by atoms with Crippen LogP contribution in [0.4, 0.5) is 0 Å². The summed E-state index contributed by atoms with van der Waals surface area (Å²) in [5.41, 5.74) is 0.856. The molecule has 76 valence electrons. The fraction of sp³-hybridized carbons (Fsp3) is 0.700. The van der Waals surface area contributed by atoms with Gasteiger partial charge in [0, 0.05) is 12.1 Å². The van der Waals surface area contributed by atoms with E-state index in [2.05, 4.69) is 5.32 Å². The molecule has 0 radical (unpaired) electrons. The SMILES string of the molecule is CC(C)=C(C)C(=O)NCC(C)(C)O. The Morgan fingerprint density at radius 1 is 1.31 bits per heavy atom. The predicted molar refractivity (Wildman–Crippen MR) is 53.4 cm³/mol. The molecule has 0 atom stereocenters. The van der Waals surface area contributed by atoms with E-state index in [-0.39, 0.29) is 12.5 Å². The van der Waals surface area contributed by atoms with E-state index in [9.17, 15) is 9.90 Å². The number of carbonyl (C=O) groups excluding carboxylic acids is 1. The molecule has 0 aliphatic rings. The minimum absolute atomic E-state index is 0.109. The van der Waals surface area contributed by atoms with Crippen molar-refractivity contribution in [1.82, 2.24) is 5.32 Å². The van der Waals surface area contributed by atoms with E-state index in [0.29, 0.717) is 5.57 Å². The third kappa shape index (κ3) is 5.42. The predicted octanol–water partition coefficient (Wildman–Crippen LogP) is 1.23. The second-order valence-corrected chi connectivity index (χ2v) is 4.12. The van der Waals surface area contributed by atoms with Crippen LogP contribution in [0.5, 0.6) is 0 Å². The quantitative estimate of drug-likeness (QED) is 0.650. The van der Waals surface area contributed by atoms with Gasteiger partial charge in [-0.05, 0) is 34.6 Å². The largest absolute Gasteiger partial charge is 0.389 e. The van der Waals surface area contributed by atoms with Crippen molar-refractivity contribution < 1.29 is 9.90 Å². The molecule has 3 nitrogen and oxygen atoms in total. The van der Waals surface area contributed by atoms with Gasteiger partial charge in [-0.15, -0.1) is 0 Å². The highest BCUT2D eigenvalue weighted by atomic mass is 16.3. The Morgan fingerprint density at radius 2 is 1.77 bits per heavy atom. The number of hydrogen-bond donors (Lipinski definition) is 2. The zero-order valence-corrected chi connectivity index (χ0v) is 9.06. The molecular weight excluding hydrogens is 166 g/mol. The number of allylic oxidation sites excluding steroid dienone is 1. The maximum absolute atomic E-state index is 11.4. The highest BCUT2D eigenvalue weighted by Crippen LogP contribution is 2.03. The molecule has 0 saturated heterocycles. The Hall–Kier alpha value is -0.830. The summed E-state index contributed by atoms with van der Waals surface area (Å²) in [6.07, 6.45) is 0. The van der Waals surface area contributed by atoms with Crippen molar-refractivity contribution in [1.29, 1.82) is 0 Å². The van der Waals surface area contributed by atoms with E-state index in [1.54, 1.807) is 20.8 Å². The first kappa shape index (κ1) is 12.2. The molecule has 0 saturated carbocycles. The van der Waals surface area contributed by atoms with Crippen LogP contribution in [-0.2, 0) is 4.79 Å². The van der Waals surface area contributed by atoms with Crippen LogP contribution in [0.25, 0.3) is 0 Å². The topological polar surface area (TPSA) is 49.3 Å². The average molecular weight is 185 g/mol. The minimum Gasteiger partial charge on any atom is -0.389 e. The van der Waals surface area contributed by atoms with Crippen molar-refractivity contribution in [2.24, 2.45) is 0 Å². The summed E-state index contributed by atoms with van der Waals surface area (Å²) in [5.74, 6) is -0.109. The molecule has 3 heteroatoms. The molecule has 2 N–H and O–H groups in total. The summed E-state index contributed by atoms with van der Waals surface area (Å²) in [5, 5.41) is 12.0. The lowest BCUT2D eigenvalue weighted by molar-refractivity contribution is -0.118. The van der Waals surface area contributed by atoms with Gasteiger partial charge in [0.1, 0.15) is 0 Å². The summed E-state index contributed by atoms with van der Waals surface area (Å²) in [7, 11) is 0. The molecule has 0 bridgehead atoms. The summed E-state index contributed by atoms with van der Waals surface area (Å²) < 4.78 is 0. The molecule has 0 aromatic heterocycles. The van der Waals surface area contributed by atoms with Gasteiger partial charge in [-0.3, -0.25) is 4.79 Å². The van der Waals surface area contributed by atoms with Crippen LogP contribution in [-0.4, -0.2) is 23.2 Å². The average Bonchev–Trinajstić information content (AvgIpc) is 1.97. The molecule has 0 aliphatic heterocycles. The Morgan fingerprint density at radius 3 is 2.08 bits per heavy atom. The Balaban J connectivity index is 4.12. The van der Waals surface area contributed by atoms with Crippen molar-refractivity contribution in [3.05, 3.63) is 11.1 Å². The summed E-state index contributed by atoms with van der Waals surface area (Å²) in [6.45, 7) is 9.14. The number of rotatable bonds is 3. The smallest absolute Gasteiger partial charge is 0.246 e. The van der Waals surface area contributed by atoms with Crippen LogP contribution in [0.3, 0.4) is 0 Å². The van der Waals surface area contributed by atoms with Crippen LogP contribution >= 0.6 is 0 Å². The number of hydrogen-bond acceptors (Lipinski definition) is 2. The van der Waals surface area contributed by atoms with E-state index < -0.39 is 5.60 Å². The van der Waals surface area contributed by atoms with Crippen LogP contribution in [0.15, 0.2) is 11.1 Å². The number of nitrogens with one attached hydrogen (secondary N) is 1. The van der Waals surface area contributed by atoms with Gasteiger partial charge in [0.25, 0.3) is 0 Å². The van der Waals surface area contributed by atoms with E-state index >= 15 is 0 Å². The van der Waals surface area contributed by atoms with Crippen LogP contribution in [0.2, 0.25) is 0 Å². The monoisotopic (exact) mass is 185 g/mol. The molecule has 0 spiro atoms. The zero-order valence-electron chi connectivity index (χ0n) is 9.06. The molecule has 0 heterocycles. The number of carbonyl (C=O) groups is 1. The molecule has 0 aromatic carbocycles. The zero-order chi connectivity index (χ0) is 10.6. The van der Waals surface area contributed by atoms with E-state index in [1.165, 1.54) is 0 Å². The van der Waals surface area contributed by atoms with Gasteiger partial charge in [-0.2, -0.15) is 0 Å². The Bertz CT molecular complexity index is 220. The van der Waals surface area contributed by atoms with Gasteiger partial charge in [-0.25, -0.2) is 0 Å². The van der Waals surface area contributed by atoms with Crippen molar-refractivity contribution in [2.45, 2.75) is 40.2 Å². The molecule has 0 aromatic rings. The first-order valence-electron chi connectivity index (χ1n) is 4.38. The van der Waals surface area contributed by atoms with E-state index in [1.807, 2.05) is 13.8 Å². The van der Waals surface area contributed by atoms with Gasteiger partial charge in [0.15, 0.2) is 0 Å². The first-order valence-corrected chi connectivity index (χ1v) is 4.38. The van der Waals surface area contributed by atoms with Gasteiger partial charge >= 0.3 is 0 Å². The molecule has 0 fully saturated rings. The second-order valence-electron chi connectivity index (χ2n) is 4.12. The van der Waals surface area contributed by atoms with Gasteiger partial charge < -0.3 is 10.4 Å². The molecule has 1 amide bonds. The van der Waals surface area contributed by atoms with Crippen molar-refractivity contribution >= 4 is 5.91 Å². The van der Waals surface area contributed by atoms with E-state index in [4.69, 9.17) is 0 Å². The molecule has 0 aliphatic carbocycles. The number of amides is 1. The molecule has 13 heavy (non-hydrogen) atoms. The van der Waals surface area contributed by atoms with Crippen LogP contribution in [0, 0.1) is 0 Å². The lowest BCUT2D eigenvalue weighted by Crippen LogP contribution is -2.38. The van der Waals surface area contributed by atoms with E-state index in [0.717, 1.165) is 5.57 Å². The molecular formula is C10H19NO2. The maximum Gasteiger partial charge on any atom is 0.246 e. The third-order valence-electron chi connectivity index (χ3n) is 1.77. The Kier molecular flexibility index (Phi) is 4.14. The highest BCUT2D eigenvalue weighted by molar-refractivity contribution is 5.93. The summed E-state index contributed by atoms with van der Waals surface area (Å²) >= 11 is 0. The van der Waals surface area contributed by atoms with Crippen molar-refractivity contribution in [3.8, 4) is 0 Å². The second kappa shape index (κ2) is 4.42. The minimum atomic E-state index is -0.850. The standard InChI is InChI=1S/C10H19NO2/c1-7(2)8(3)9(12)11-6-10(4,5)13/h13H,6H2,1-5H3,(H,11,12). The molecule has 0 unspecified atom stereocenters. The molecule has 0 rings (SSSR count). The lowest BCUT2D eigenvalue weighted by atomic mass is 10.1. The fourth-order valence-electron chi connectivity index (χ4n) is 0.656. The summed E-state index contributed by atoms with van der Waals surface area (Å²) in [4.78, 5) is 11.4. The Labute approximate surface area is 79.8 Å². The van der Waals surface area contributed by atoms with Crippen molar-refractivity contribution in [2.75, 3.05) is 6.54 Å². The van der Waals surface area contributed by atoms with Gasteiger partial charge in [0.2, 0.25) is 5.91 Å². The van der Waals surface area contributed by atoms with Crippen LogP contribution in [0.1, 0.15) is 34.6 Å². The summed E-state index contributed by atoms with van der Waals surface area (Å²) in [6, 6.07) is 0. The lowest BCUT2D eigenvalue weighted by Gasteiger charge is -2.17. The maximum atomic E-state index is 11.4. The van der Waals surface area contributed by atoms with Crippen molar-refractivity contribution in [3.63, 3.8) is 0 Å². The first-order chi connectivity index (χ1) is 5.74.